The van der Waals surface area contributed by atoms with E-state index in [4.69, 9.17) is 0 Å². The molecule has 0 radical (unpaired) electrons. The number of piperidine rings is 1. The molecule has 0 saturated carbocycles. The Kier molecular flexibility index (Phi) is 3.56. The fourth-order valence-electron chi connectivity index (χ4n) is 2.35. The number of aliphatic hydroxyl groups excluding tert-OH is 1. The molecular weight excluding hydrogens is 205 g/mol. The molecular formula is C13H18FNO. The molecule has 16 heavy (non-hydrogen) atoms. The number of halogens is 1. The predicted molar refractivity (Wildman–Crippen MR) is 61.6 cm³/mol. The standard InChI is InChI=1S/C13H18FNO/c1-10(12-6-2-3-7-13(12)14)15-8-4-5-11(16)9-15/h2-3,6-7,10-11,16H,4-5,8-9H2,1H3. The Morgan fingerprint density at radius 2 is 2.19 bits per heavy atom. The van der Waals surface area contributed by atoms with Gasteiger partial charge >= 0.3 is 0 Å². The molecule has 1 fully saturated rings. The maximum absolute atomic E-state index is 13.6. The van der Waals surface area contributed by atoms with Crippen LogP contribution in [-0.2, 0) is 0 Å². The van der Waals surface area contributed by atoms with Gasteiger partial charge < -0.3 is 5.11 Å². The van der Waals surface area contributed by atoms with Gasteiger partial charge in [-0.15, -0.1) is 0 Å². The Morgan fingerprint density at radius 1 is 1.44 bits per heavy atom. The minimum Gasteiger partial charge on any atom is -0.392 e. The zero-order chi connectivity index (χ0) is 11.5. The van der Waals surface area contributed by atoms with Gasteiger partial charge in [0.25, 0.3) is 0 Å². The molecule has 0 bridgehead atoms. The molecule has 1 aromatic rings. The van der Waals surface area contributed by atoms with Crippen molar-refractivity contribution in [2.45, 2.75) is 31.9 Å². The summed E-state index contributed by atoms with van der Waals surface area (Å²) < 4.78 is 13.6. The molecule has 0 spiro atoms. The van der Waals surface area contributed by atoms with E-state index in [1.807, 2.05) is 19.1 Å². The van der Waals surface area contributed by atoms with Crippen molar-refractivity contribution in [2.24, 2.45) is 0 Å². The van der Waals surface area contributed by atoms with Crippen molar-refractivity contribution in [1.82, 2.24) is 4.90 Å². The second-order valence-corrected chi connectivity index (χ2v) is 4.49. The van der Waals surface area contributed by atoms with E-state index in [1.54, 1.807) is 6.07 Å². The van der Waals surface area contributed by atoms with E-state index in [1.165, 1.54) is 6.07 Å². The minimum absolute atomic E-state index is 0.0381. The van der Waals surface area contributed by atoms with Crippen molar-refractivity contribution in [2.75, 3.05) is 13.1 Å². The van der Waals surface area contributed by atoms with Crippen molar-refractivity contribution < 1.29 is 9.50 Å². The second kappa shape index (κ2) is 4.93. The number of β-amino-alcohol motifs (C(OH)–C–C–N with tert-alkyl or cyclic N) is 1. The maximum atomic E-state index is 13.6. The van der Waals surface area contributed by atoms with E-state index >= 15 is 0 Å². The molecule has 1 aliphatic rings. The van der Waals surface area contributed by atoms with Crippen molar-refractivity contribution >= 4 is 0 Å². The zero-order valence-electron chi connectivity index (χ0n) is 9.56. The summed E-state index contributed by atoms with van der Waals surface area (Å²) in [4.78, 5) is 2.15. The number of benzene rings is 1. The van der Waals surface area contributed by atoms with Crippen LogP contribution in [0, 0.1) is 5.82 Å². The number of rotatable bonds is 2. The molecule has 0 aliphatic carbocycles. The van der Waals surface area contributed by atoms with E-state index in [0.29, 0.717) is 6.54 Å². The Balaban J connectivity index is 2.12. The molecule has 88 valence electrons. The zero-order valence-corrected chi connectivity index (χ0v) is 9.56. The van der Waals surface area contributed by atoms with Crippen molar-refractivity contribution in [1.29, 1.82) is 0 Å². The maximum Gasteiger partial charge on any atom is 0.127 e. The first-order valence-electron chi connectivity index (χ1n) is 5.85. The number of aliphatic hydroxyl groups is 1. The molecule has 2 atom stereocenters. The van der Waals surface area contributed by atoms with Crippen LogP contribution in [0.1, 0.15) is 31.4 Å². The summed E-state index contributed by atoms with van der Waals surface area (Å²) in [6, 6.07) is 6.91. The molecule has 1 N–H and O–H groups in total. The number of hydrogen-bond donors (Lipinski definition) is 1. The summed E-state index contributed by atoms with van der Waals surface area (Å²) in [7, 11) is 0. The molecule has 0 aromatic heterocycles. The Bertz CT molecular complexity index is 356. The van der Waals surface area contributed by atoms with E-state index in [9.17, 15) is 9.50 Å². The summed E-state index contributed by atoms with van der Waals surface area (Å²) in [5.74, 6) is -0.157. The third-order valence-corrected chi connectivity index (χ3v) is 3.33. The summed E-state index contributed by atoms with van der Waals surface area (Å²) in [6.07, 6.45) is 1.59. The first kappa shape index (κ1) is 11.6. The lowest BCUT2D eigenvalue weighted by molar-refractivity contribution is 0.0495. The first-order valence-corrected chi connectivity index (χ1v) is 5.85. The fraction of sp³-hybridized carbons (Fsp3) is 0.538. The van der Waals surface area contributed by atoms with Crippen molar-refractivity contribution in [3.05, 3.63) is 35.6 Å². The Labute approximate surface area is 95.7 Å². The highest BCUT2D eigenvalue weighted by Crippen LogP contribution is 2.25. The van der Waals surface area contributed by atoms with Gasteiger partial charge in [-0.2, -0.15) is 0 Å². The van der Waals surface area contributed by atoms with Crippen LogP contribution < -0.4 is 0 Å². The van der Waals surface area contributed by atoms with Crippen LogP contribution in [0.5, 0.6) is 0 Å². The average Bonchev–Trinajstić information content (AvgIpc) is 2.29. The highest BCUT2D eigenvalue weighted by atomic mass is 19.1. The van der Waals surface area contributed by atoms with Gasteiger partial charge in [0.2, 0.25) is 0 Å². The smallest absolute Gasteiger partial charge is 0.127 e. The van der Waals surface area contributed by atoms with E-state index in [2.05, 4.69) is 4.90 Å². The summed E-state index contributed by atoms with van der Waals surface area (Å²) >= 11 is 0. The van der Waals surface area contributed by atoms with Crippen LogP contribution in [0.2, 0.25) is 0 Å². The molecule has 1 saturated heterocycles. The molecule has 0 amide bonds. The van der Waals surface area contributed by atoms with E-state index in [-0.39, 0.29) is 18.0 Å². The molecule has 3 heteroatoms. The van der Waals surface area contributed by atoms with Crippen molar-refractivity contribution in [3.8, 4) is 0 Å². The SMILES string of the molecule is CC(c1ccccc1F)N1CCCC(O)C1. The molecule has 2 nitrogen and oxygen atoms in total. The van der Waals surface area contributed by atoms with Gasteiger partial charge in [-0.1, -0.05) is 18.2 Å². The number of nitrogens with zero attached hydrogens (tertiary/aromatic N) is 1. The minimum atomic E-state index is -0.261. The summed E-state index contributed by atoms with van der Waals surface area (Å²) in [5, 5.41) is 9.61. The van der Waals surface area contributed by atoms with Gasteiger partial charge in [-0.05, 0) is 32.4 Å². The van der Waals surface area contributed by atoms with Gasteiger partial charge in [-0.3, -0.25) is 4.90 Å². The van der Waals surface area contributed by atoms with Crippen LogP contribution in [0.15, 0.2) is 24.3 Å². The highest BCUT2D eigenvalue weighted by molar-refractivity contribution is 5.20. The lowest BCUT2D eigenvalue weighted by Crippen LogP contribution is -2.39. The van der Waals surface area contributed by atoms with Gasteiger partial charge in [0.05, 0.1) is 6.10 Å². The summed E-state index contributed by atoms with van der Waals surface area (Å²) in [6.45, 7) is 3.58. The third kappa shape index (κ3) is 2.42. The third-order valence-electron chi connectivity index (χ3n) is 3.33. The Morgan fingerprint density at radius 3 is 2.88 bits per heavy atom. The van der Waals surface area contributed by atoms with Crippen LogP contribution in [0.3, 0.4) is 0 Å². The fourth-order valence-corrected chi connectivity index (χ4v) is 2.35. The van der Waals surface area contributed by atoms with Gasteiger partial charge in [0.1, 0.15) is 5.82 Å². The van der Waals surface area contributed by atoms with Gasteiger partial charge in [-0.25, -0.2) is 4.39 Å². The highest BCUT2D eigenvalue weighted by Gasteiger charge is 2.24. The first-order chi connectivity index (χ1) is 7.68. The van der Waals surface area contributed by atoms with E-state index < -0.39 is 0 Å². The van der Waals surface area contributed by atoms with Crippen LogP contribution in [0.25, 0.3) is 0 Å². The molecule has 1 heterocycles. The lowest BCUT2D eigenvalue weighted by Gasteiger charge is -2.35. The number of likely N-dealkylation sites (tertiary alicyclic amines) is 1. The molecule has 2 rings (SSSR count). The average molecular weight is 223 g/mol. The molecule has 1 aromatic carbocycles. The lowest BCUT2D eigenvalue weighted by atomic mass is 10.0. The van der Waals surface area contributed by atoms with E-state index in [0.717, 1.165) is 24.9 Å². The predicted octanol–water partition coefficient (Wildman–Crippen LogP) is 2.34. The largest absolute Gasteiger partial charge is 0.392 e. The van der Waals surface area contributed by atoms with Crippen LogP contribution in [0.4, 0.5) is 4.39 Å². The van der Waals surface area contributed by atoms with Crippen LogP contribution in [-0.4, -0.2) is 29.2 Å². The quantitative estimate of drug-likeness (QED) is 0.832. The molecule has 2 unspecified atom stereocenters. The Hall–Kier alpha value is -0.930. The normalized spacial score (nSPS) is 24.3. The monoisotopic (exact) mass is 223 g/mol. The molecule has 1 aliphatic heterocycles. The number of hydrogen-bond acceptors (Lipinski definition) is 2. The topological polar surface area (TPSA) is 23.5 Å². The van der Waals surface area contributed by atoms with Gasteiger partial charge in [0, 0.05) is 18.2 Å². The van der Waals surface area contributed by atoms with Crippen LogP contribution >= 0.6 is 0 Å². The summed E-state index contributed by atoms with van der Waals surface area (Å²) in [5.41, 5.74) is 0.719. The van der Waals surface area contributed by atoms with Crippen molar-refractivity contribution in [3.63, 3.8) is 0 Å². The second-order valence-electron chi connectivity index (χ2n) is 4.49. The van der Waals surface area contributed by atoms with Gasteiger partial charge in [0.15, 0.2) is 0 Å².